The number of aliphatic hydroxyl groups is 1. The van der Waals surface area contributed by atoms with Crippen LogP contribution < -0.4 is 0 Å². The second-order valence-corrected chi connectivity index (χ2v) is 3.02. The number of benzene rings is 1. The van der Waals surface area contributed by atoms with Crippen molar-refractivity contribution in [3.8, 4) is 0 Å². The third kappa shape index (κ3) is 1.88. The van der Waals surface area contributed by atoms with E-state index >= 15 is 0 Å². The standard InChI is InChI=1S/C10H12O3/c11-6-9-7-12-10(13-9)8-4-2-1-3-5-8/h1-5,9-11H,6-7H2/t9-,10?/m1/s1. The van der Waals surface area contributed by atoms with Crippen molar-refractivity contribution in [2.45, 2.75) is 12.4 Å². The van der Waals surface area contributed by atoms with Crippen molar-refractivity contribution >= 4 is 0 Å². The van der Waals surface area contributed by atoms with Gasteiger partial charge in [0.25, 0.3) is 0 Å². The van der Waals surface area contributed by atoms with Crippen molar-refractivity contribution in [1.29, 1.82) is 0 Å². The molecule has 1 saturated heterocycles. The van der Waals surface area contributed by atoms with Gasteiger partial charge in [-0.3, -0.25) is 0 Å². The zero-order chi connectivity index (χ0) is 9.10. The van der Waals surface area contributed by atoms with Crippen molar-refractivity contribution < 1.29 is 14.6 Å². The predicted octanol–water partition coefficient (Wildman–Crippen LogP) is 1.09. The van der Waals surface area contributed by atoms with E-state index in [-0.39, 0.29) is 19.0 Å². The molecular weight excluding hydrogens is 168 g/mol. The summed E-state index contributed by atoms with van der Waals surface area (Å²) < 4.78 is 10.8. The Hall–Kier alpha value is -0.900. The number of hydrogen-bond donors (Lipinski definition) is 1. The van der Waals surface area contributed by atoms with Gasteiger partial charge in [-0.25, -0.2) is 0 Å². The maximum atomic E-state index is 8.83. The Kier molecular flexibility index (Phi) is 2.59. The quantitative estimate of drug-likeness (QED) is 0.740. The lowest BCUT2D eigenvalue weighted by Crippen LogP contribution is -2.14. The summed E-state index contributed by atoms with van der Waals surface area (Å²) in [7, 11) is 0. The lowest BCUT2D eigenvalue weighted by atomic mass is 10.2. The lowest BCUT2D eigenvalue weighted by molar-refractivity contribution is -0.0675. The molecule has 1 heterocycles. The third-order valence-electron chi connectivity index (χ3n) is 2.02. The molecule has 3 heteroatoms. The molecule has 0 radical (unpaired) electrons. The largest absolute Gasteiger partial charge is 0.394 e. The molecule has 1 unspecified atom stereocenters. The zero-order valence-electron chi connectivity index (χ0n) is 7.22. The van der Waals surface area contributed by atoms with Crippen LogP contribution in [0.15, 0.2) is 30.3 Å². The van der Waals surface area contributed by atoms with E-state index < -0.39 is 0 Å². The van der Waals surface area contributed by atoms with E-state index in [1.807, 2.05) is 30.3 Å². The highest BCUT2D eigenvalue weighted by Gasteiger charge is 2.26. The van der Waals surface area contributed by atoms with Gasteiger partial charge in [0.1, 0.15) is 6.10 Å². The maximum Gasteiger partial charge on any atom is 0.184 e. The van der Waals surface area contributed by atoms with Gasteiger partial charge in [-0.15, -0.1) is 0 Å². The summed E-state index contributed by atoms with van der Waals surface area (Å²) in [6, 6.07) is 9.72. The SMILES string of the molecule is OC[C@@H]1COC(c2ccccc2)O1. The van der Waals surface area contributed by atoms with Gasteiger partial charge in [-0.1, -0.05) is 30.3 Å². The summed E-state index contributed by atoms with van der Waals surface area (Å²) >= 11 is 0. The molecule has 0 spiro atoms. The normalized spacial score (nSPS) is 27.8. The smallest absolute Gasteiger partial charge is 0.184 e. The van der Waals surface area contributed by atoms with Crippen molar-refractivity contribution in [3.05, 3.63) is 35.9 Å². The fraction of sp³-hybridized carbons (Fsp3) is 0.400. The molecular formula is C10H12O3. The van der Waals surface area contributed by atoms with E-state index in [2.05, 4.69) is 0 Å². The van der Waals surface area contributed by atoms with E-state index in [4.69, 9.17) is 14.6 Å². The van der Waals surface area contributed by atoms with E-state index in [9.17, 15) is 0 Å². The van der Waals surface area contributed by atoms with E-state index in [1.165, 1.54) is 0 Å². The Balaban J connectivity index is 2.04. The van der Waals surface area contributed by atoms with Gasteiger partial charge in [-0.05, 0) is 0 Å². The molecule has 2 atom stereocenters. The number of aliphatic hydroxyl groups excluding tert-OH is 1. The van der Waals surface area contributed by atoms with Crippen LogP contribution in [0, 0.1) is 0 Å². The van der Waals surface area contributed by atoms with Crippen molar-refractivity contribution in [3.63, 3.8) is 0 Å². The summed E-state index contributed by atoms with van der Waals surface area (Å²) in [6.07, 6.45) is -0.483. The summed E-state index contributed by atoms with van der Waals surface area (Å²) in [6.45, 7) is 0.486. The predicted molar refractivity (Wildman–Crippen MR) is 47.1 cm³/mol. The van der Waals surface area contributed by atoms with Gasteiger partial charge in [0.2, 0.25) is 0 Å². The van der Waals surface area contributed by atoms with Gasteiger partial charge >= 0.3 is 0 Å². The van der Waals surface area contributed by atoms with E-state index in [0.717, 1.165) is 5.56 Å². The summed E-state index contributed by atoms with van der Waals surface area (Å²) in [4.78, 5) is 0. The van der Waals surface area contributed by atoms with Crippen LogP contribution in [0.25, 0.3) is 0 Å². The van der Waals surface area contributed by atoms with Crippen molar-refractivity contribution in [1.82, 2.24) is 0 Å². The Morgan fingerprint density at radius 2 is 2.08 bits per heavy atom. The molecule has 2 rings (SSSR count). The van der Waals surface area contributed by atoms with Crippen LogP contribution in [0.4, 0.5) is 0 Å². The average Bonchev–Trinajstić information content (AvgIpc) is 2.67. The summed E-state index contributed by atoms with van der Waals surface area (Å²) in [5, 5.41) is 8.83. The molecule has 1 aliphatic rings. The average molecular weight is 180 g/mol. The van der Waals surface area contributed by atoms with Crippen LogP contribution in [-0.4, -0.2) is 24.4 Å². The molecule has 0 aliphatic carbocycles. The molecule has 0 amide bonds. The Morgan fingerprint density at radius 1 is 1.31 bits per heavy atom. The minimum absolute atomic E-state index is 0.0172. The van der Waals surface area contributed by atoms with Crippen LogP contribution in [0.5, 0.6) is 0 Å². The minimum atomic E-state index is -0.307. The second-order valence-electron chi connectivity index (χ2n) is 3.02. The first kappa shape index (κ1) is 8.69. The maximum absolute atomic E-state index is 8.83. The van der Waals surface area contributed by atoms with Gasteiger partial charge in [-0.2, -0.15) is 0 Å². The Morgan fingerprint density at radius 3 is 2.69 bits per heavy atom. The highest BCUT2D eigenvalue weighted by Crippen LogP contribution is 2.25. The molecule has 1 aromatic rings. The summed E-state index contributed by atoms with van der Waals surface area (Å²) in [5.41, 5.74) is 0.999. The molecule has 0 saturated carbocycles. The van der Waals surface area contributed by atoms with Crippen molar-refractivity contribution in [2.75, 3.05) is 13.2 Å². The first-order valence-electron chi connectivity index (χ1n) is 4.33. The molecule has 70 valence electrons. The van der Waals surface area contributed by atoms with E-state index in [0.29, 0.717) is 6.61 Å². The van der Waals surface area contributed by atoms with Crippen LogP contribution in [0.3, 0.4) is 0 Å². The van der Waals surface area contributed by atoms with Crippen LogP contribution in [0.1, 0.15) is 11.9 Å². The highest BCUT2D eigenvalue weighted by atomic mass is 16.7. The monoisotopic (exact) mass is 180 g/mol. The molecule has 0 aromatic heterocycles. The molecule has 1 aromatic carbocycles. The van der Waals surface area contributed by atoms with Gasteiger partial charge in [0.15, 0.2) is 6.29 Å². The molecule has 0 bridgehead atoms. The Bertz CT molecular complexity index is 260. The van der Waals surface area contributed by atoms with Gasteiger partial charge in [0, 0.05) is 5.56 Å². The number of hydrogen-bond acceptors (Lipinski definition) is 3. The van der Waals surface area contributed by atoms with Crippen molar-refractivity contribution in [2.24, 2.45) is 0 Å². The van der Waals surface area contributed by atoms with Gasteiger partial charge < -0.3 is 14.6 Å². The Labute approximate surface area is 76.9 Å². The van der Waals surface area contributed by atoms with Crippen LogP contribution in [-0.2, 0) is 9.47 Å². The minimum Gasteiger partial charge on any atom is -0.394 e. The lowest BCUT2D eigenvalue weighted by Gasteiger charge is -2.09. The molecule has 1 N–H and O–H groups in total. The molecule has 1 aliphatic heterocycles. The topological polar surface area (TPSA) is 38.7 Å². The third-order valence-corrected chi connectivity index (χ3v) is 2.02. The van der Waals surface area contributed by atoms with Crippen LogP contribution in [0.2, 0.25) is 0 Å². The molecule has 3 nitrogen and oxygen atoms in total. The fourth-order valence-corrected chi connectivity index (χ4v) is 1.33. The number of ether oxygens (including phenoxy) is 2. The number of rotatable bonds is 2. The van der Waals surface area contributed by atoms with Gasteiger partial charge in [0.05, 0.1) is 13.2 Å². The van der Waals surface area contributed by atoms with E-state index in [1.54, 1.807) is 0 Å². The molecule has 13 heavy (non-hydrogen) atoms. The summed E-state index contributed by atoms with van der Waals surface area (Å²) in [5.74, 6) is 0. The fourth-order valence-electron chi connectivity index (χ4n) is 1.33. The van der Waals surface area contributed by atoms with Crippen LogP contribution >= 0.6 is 0 Å². The first-order valence-corrected chi connectivity index (χ1v) is 4.33. The second kappa shape index (κ2) is 3.87. The first-order chi connectivity index (χ1) is 6.40. The highest BCUT2D eigenvalue weighted by molar-refractivity contribution is 5.16. The molecule has 1 fully saturated rings. The zero-order valence-corrected chi connectivity index (χ0v) is 7.22.